The Morgan fingerprint density at radius 2 is 1.90 bits per heavy atom. The Morgan fingerprint density at radius 3 is 2.57 bits per heavy atom. The number of carbonyl (C=O) groups is 1. The zero-order valence-electron chi connectivity index (χ0n) is 11.4. The van der Waals surface area contributed by atoms with Gasteiger partial charge in [0.1, 0.15) is 0 Å². The summed E-state index contributed by atoms with van der Waals surface area (Å²) in [4.78, 5) is 12.2. The van der Waals surface area contributed by atoms with Crippen LogP contribution >= 0.6 is 39.1 Å². The number of amides is 1. The van der Waals surface area contributed by atoms with Gasteiger partial charge in [-0.05, 0) is 59.1 Å². The zero-order chi connectivity index (χ0) is 15.4. The highest BCUT2D eigenvalue weighted by Crippen LogP contribution is 2.23. The third-order valence-corrected chi connectivity index (χ3v) is 4.63. The summed E-state index contributed by atoms with van der Waals surface area (Å²) >= 11 is 15.4. The van der Waals surface area contributed by atoms with Crippen molar-refractivity contribution in [1.29, 1.82) is 0 Å². The number of rotatable bonds is 4. The Morgan fingerprint density at radius 1 is 1.19 bits per heavy atom. The van der Waals surface area contributed by atoms with Crippen LogP contribution < -0.4 is 5.32 Å². The van der Waals surface area contributed by atoms with E-state index in [9.17, 15) is 4.79 Å². The van der Waals surface area contributed by atoms with Gasteiger partial charge in [-0.15, -0.1) is 0 Å². The van der Waals surface area contributed by atoms with E-state index in [-0.39, 0.29) is 11.9 Å². The van der Waals surface area contributed by atoms with Crippen LogP contribution in [-0.4, -0.2) is 11.9 Å². The third kappa shape index (κ3) is 4.47. The molecule has 0 radical (unpaired) electrons. The van der Waals surface area contributed by atoms with E-state index in [0.29, 0.717) is 26.5 Å². The van der Waals surface area contributed by atoms with Crippen LogP contribution in [0.25, 0.3) is 0 Å². The number of benzene rings is 2. The van der Waals surface area contributed by atoms with Crippen LogP contribution in [0, 0.1) is 0 Å². The molecule has 2 aromatic carbocycles. The first kappa shape index (κ1) is 16.3. The maximum atomic E-state index is 12.2. The average Bonchev–Trinajstić information content (AvgIpc) is 2.44. The summed E-state index contributed by atoms with van der Waals surface area (Å²) in [6.45, 7) is 1.95. The molecular formula is C16H14BrCl2NO. The van der Waals surface area contributed by atoms with Crippen LogP contribution in [0.3, 0.4) is 0 Å². The molecule has 0 aliphatic rings. The van der Waals surface area contributed by atoms with Gasteiger partial charge in [0.2, 0.25) is 0 Å². The molecule has 0 aliphatic heterocycles. The molecule has 1 atom stereocenters. The van der Waals surface area contributed by atoms with Gasteiger partial charge in [-0.25, -0.2) is 0 Å². The van der Waals surface area contributed by atoms with Gasteiger partial charge < -0.3 is 5.32 Å². The van der Waals surface area contributed by atoms with E-state index in [2.05, 4.69) is 21.2 Å². The molecule has 2 rings (SSSR count). The van der Waals surface area contributed by atoms with Crippen molar-refractivity contribution < 1.29 is 4.79 Å². The summed E-state index contributed by atoms with van der Waals surface area (Å²) in [5.41, 5.74) is 1.58. The normalized spacial score (nSPS) is 12.0. The van der Waals surface area contributed by atoms with Gasteiger partial charge in [0, 0.05) is 21.1 Å². The predicted molar refractivity (Wildman–Crippen MR) is 91.2 cm³/mol. The fourth-order valence-electron chi connectivity index (χ4n) is 1.99. The molecule has 0 saturated carbocycles. The van der Waals surface area contributed by atoms with Crippen molar-refractivity contribution in [3.8, 4) is 0 Å². The molecule has 2 aromatic rings. The summed E-state index contributed by atoms with van der Waals surface area (Å²) in [5.74, 6) is -0.132. The fourth-order valence-corrected chi connectivity index (χ4v) is 2.70. The first-order valence-electron chi connectivity index (χ1n) is 6.46. The number of nitrogens with one attached hydrogen (secondary N) is 1. The molecule has 0 aromatic heterocycles. The molecule has 1 amide bonds. The maximum Gasteiger partial charge on any atom is 0.251 e. The van der Waals surface area contributed by atoms with Crippen molar-refractivity contribution in [2.24, 2.45) is 0 Å². The highest BCUT2D eigenvalue weighted by atomic mass is 79.9. The number of hydrogen-bond acceptors (Lipinski definition) is 1. The van der Waals surface area contributed by atoms with Gasteiger partial charge in [-0.2, -0.15) is 0 Å². The molecule has 110 valence electrons. The molecule has 0 heterocycles. The standard InChI is InChI=1S/C16H14BrCl2NO/c1-10(8-11-4-2-3-5-14(11)18)20-16(21)12-6-7-15(19)13(17)9-12/h2-7,9-10H,8H2,1H3,(H,20,21). The minimum absolute atomic E-state index is 0.0214. The lowest BCUT2D eigenvalue weighted by atomic mass is 10.1. The molecule has 0 fully saturated rings. The van der Waals surface area contributed by atoms with Crippen molar-refractivity contribution in [2.75, 3.05) is 0 Å². The Balaban J connectivity index is 2.02. The monoisotopic (exact) mass is 385 g/mol. The predicted octanol–water partition coefficient (Wildman–Crippen LogP) is 5.12. The van der Waals surface area contributed by atoms with Crippen molar-refractivity contribution in [3.05, 3.63) is 68.1 Å². The first-order valence-corrected chi connectivity index (χ1v) is 8.01. The van der Waals surface area contributed by atoms with Crippen molar-refractivity contribution in [3.63, 3.8) is 0 Å². The quantitative estimate of drug-likeness (QED) is 0.776. The number of hydrogen-bond donors (Lipinski definition) is 1. The van der Waals surface area contributed by atoms with E-state index in [4.69, 9.17) is 23.2 Å². The Labute approximate surface area is 142 Å². The maximum absolute atomic E-state index is 12.2. The van der Waals surface area contributed by atoms with Crippen LogP contribution in [0.15, 0.2) is 46.9 Å². The van der Waals surface area contributed by atoms with E-state index < -0.39 is 0 Å². The lowest BCUT2D eigenvalue weighted by molar-refractivity contribution is 0.0940. The second-order valence-electron chi connectivity index (χ2n) is 4.80. The largest absolute Gasteiger partial charge is 0.349 e. The minimum Gasteiger partial charge on any atom is -0.349 e. The molecule has 0 spiro atoms. The molecule has 0 saturated heterocycles. The highest BCUT2D eigenvalue weighted by Gasteiger charge is 2.12. The van der Waals surface area contributed by atoms with E-state index in [0.717, 1.165) is 5.56 Å². The topological polar surface area (TPSA) is 29.1 Å². The second-order valence-corrected chi connectivity index (χ2v) is 6.47. The zero-order valence-corrected chi connectivity index (χ0v) is 14.5. The molecule has 5 heteroatoms. The van der Waals surface area contributed by atoms with E-state index >= 15 is 0 Å². The summed E-state index contributed by atoms with van der Waals surface area (Å²) in [5, 5.41) is 4.25. The van der Waals surface area contributed by atoms with Crippen LogP contribution in [0.5, 0.6) is 0 Å². The van der Waals surface area contributed by atoms with Gasteiger partial charge in [-0.1, -0.05) is 41.4 Å². The van der Waals surface area contributed by atoms with Gasteiger partial charge in [0.25, 0.3) is 5.91 Å². The Bertz CT molecular complexity index is 660. The summed E-state index contributed by atoms with van der Waals surface area (Å²) in [7, 11) is 0. The van der Waals surface area contributed by atoms with Crippen LogP contribution in [0.2, 0.25) is 10.0 Å². The lowest BCUT2D eigenvalue weighted by Crippen LogP contribution is -2.34. The molecule has 1 unspecified atom stereocenters. The number of carbonyl (C=O) groups excluding carboxylic acids is 1. The van der Waals surface area contributed by atoms with Crippen LogP contribution in [0.4, 0.5) is 0 Å². The smallest absolute Gasteiger partial charge is 0.251 e. The van der Waals surface area contributed by atoms with Crippen molar-refractivity contribution in [2.45, 2.75) is 19.4 Å². The van der Waals surface area contributed by atoms with Gasteiger partial charge in [0.05, 0.1) is 5.02 Å². The Kier molecular flexibility index (Phi) is 5.68. The van der Waals surface area contributed by atoms with Crippen molar-refractivity contribution >= 4 is 45.0 Å². The SMILES string of the molecule is CC(Cc1ccccc1Cl)NC(=O)c1ccc(Cl)c(Br)c1. The average molecular weight is 387 g/mol. The number of halogens is 3. The molecule has 2 nitrogen and oxygen atoms in total. The van der Waals surface area contributed by atoms with E-state index in [1.54, 1.807) is 18.2 Å². The summed E-state index contributed by atoms with van der Waals surface area (Å²) in [6, 6.07) is 12.7. The third-order valence-electron chi connectivity index (χ3n) is 3.04. The second kappa shape index (κ2) is 7.30. The van der Waals surface area contributed by atoms with Crippen LogP contribution in [-0.2, 0) is 6.42 Å². The minimum atomic E-state index is -0.132. The van der Waals surface area contributed by atoms with Crippen LogP contribution in [0.1, 0.15) is 22.8 Å². The molecule has 0 aliphatic carbocycles. The van der Waals surface area contributed by atoms with E-state index in [1.165, 1.54) is 0 Å². The van der Waals surface area contributed by atoms with Crippen molar-refractivity contribution in [1.82, 2.24) is 5.32 Å². The molecule has 0 bridgehead atoms. The van der Waals surface area contributed by atoms with E-state index in [1.807, 2.05) is 31.2 Å². The summed E-state index contributed by atoms with van der Waals surface area (Å²) < 4.78 is 0.704. The molecule has 1 N–H and O–H groups in total. The Hall–Kier alpha value is -1.03. The highest BCUT2D eigenvalue weighted by molar-refractivity contribution is 9.10. The fraction of sp³-hybridized carbons (Fsp3) is 0.188. The van der Waals surface area contributed by atoms with Gasteiger partial charge in [-0.3, -0.25) is 4.79 Å². The first-order chi connectivity index (χ1) is 9.97. The summed E-state index contributed by atoms with van der Waals surface area (Å²) in [6.07, 6.45) is 0.681. The lowest BCUT2D eigenvalue weighted by Gasteiger charge is -2.15. The molecule has 21 heavy (non-hydrogen) atoms. The van der Waals surface area contributed by atoms with Gasteiger partial charge in [0.15, 0.2) is 0 Å². The molecular weight excluding hydrogens is 373 g/mol. The van der Waals surface area contributed by atoms with Gasteiger partial charge >= 0.3 is 0 Å².